The van der Waals surface area contributed by atoms with E-state index >= 15 is 0 Å². The first-order chi connectivity index (χ1) is 9.69. The van der Waals surface area contributed by atoms with Gasteiger partial charge in [0.1, 0.15) is 0 Å². The summed E-state index contributed by atoms with van der Waals surface area (Å²) in [5, 5.41) is 9.72. The lowest BCUT2D eigenvalue weighted by molar-refractivity contribution is -0.116. The van der Waals surface area contributed by atoms with Crippen LogP contribution in [0.1, 0.15) is 19.8 Å². The van der Waals surface area contributed by atoms with E-state index in [9.17, 15) is 4.79 Å². The third-order valence-electron chi connectivity index (χ3n) is 3.14. The molecule has 1 unspecified atom stereocenters. The normalized spacial score (nSPS) is 12.1. The minimum Gasteiger partial charge on any atom is -0.382 e. The summed E-state index contributed by atoms with van der Waals surface area (Å²) in [5.74, 6) is -0.00402. The lowest BCUT2D eigenvalue weighted by Gasteiger charge is -2.10. The number of hydrogen-bond acceptors (Lipinski definition) is 3. The summed E-state index contributed by atoms with van der Waals surface area (Å²) in [6.45, 7) is 1.95. The first-order valence-corrected chi connectivity index (χ1v) is 6.61. The molecule has 0 spiro atoms. The smallest absolute Gasteiger partial charge is 0.224 e. The van der Waals surface area contributed by atoms with Crippen LogP contribution >= 0.6 is 0 Å². The maximum Gasteiger partial charge on any atom is 0.224 e. The van der Waals surface area contributed by atoms with Gasteiger partial charge in [-0.25, -0.2) is 0 Å². The third-order valence-corrected chi connectivity index (χ3v) is 3.14. The highest BCUT2D eigenvalue weighted by Crippen LogP contribution is 2.20. The molecule has 2 N–H and O–H groups in total. The lowest BCUT2D eigenvalue weighted by atomic mass is 10.1. The molecule has 0 aliphatic carbocycles. The van der Waals surface area contributed by atoms with E-state index in [4.69, 9.17) is 4.74 Å². The van der Waals surface area contributed by atoms with E-state index in [0.29, 0.717) is 12.8 Å². The van der Waals surface area contributed by atoms with Crippen molar-refractivity contribution in [1.82, 2.24) is 10.2 Å². The fourth-order valence-electron chi connectivity index (χ4n) is 1.86. The van der Waals surface area contributed by atoms with E-state index in [0.717, 1.165) is 16.9 Å². The summed E-state index contributed by atoms with van der Waals surface area (Å²) in [6, 6.07) is 9.56. The van der Waals surface area contributed by atoms with Crippen LogP contribution in [0.3, 0.4) is 0 Å². The van der Waals surface area contributed by atoms with Crippen LogP contribution in [0.25, 0.3) is 11.3 Å². The van der Waals surface area contributed by atoms with Crippen LogP contribution in [-0.4, -0.2) is 29.3 Å². The number of aromatic nitrogens is 2. The van der Waals surface area contributed by atoms with Gasteiger partial charge >= 0.3 is 0 Å². The third kappa shape index (κ3) is 3.93. The average molecular weight is 273 g/mol. The molecule has 0 bridgehead atoms. The van der Waals surface area contributed by atoms with Crippen molar-refractivity contribution in [3.63, 3.8) is 0 Å². The molecule has 5 heteroatoms. The number of carbonyl (C=O) groups is 1. The molecule has 0 radical (unpaired) electrons. The quantitative estimate of drug-likeness (QED) is 0.850. The van der Waals surface area contributed by atoms with Crippen LogP contribution in [0.5, 0.6) is 0 Å². The second kappa shape index (κ2) is 6.86. The van der Waals surface area contributed by atoms with Gasteiger partial charge in [0, 0.05) is 31.0 Å². The Balaban J connectivity index is 1.96. The van der Waals surface area contributed by atoms with Crippen LogP contribution in [0.2, 0.25) is 0 Å². The molecule has 1 aromatic carbocycles. The standard InChI is InChI=1S/C15H19N3O2/c1-11(20-2)6-7-15(19)17-13-5-3-4-12(10-13)14-8-9-16-18-14/h3-5,8-11H,6-7H2,1-2H3,(H,16,18)(H,17,19). The van der Waals surface area contributed by atoms with Gasteiger partial charge in [0.2, 0.25) is 5.91 Å². The van der Waals surface area contributed by atoms with Crippen LogP contribution in [0.4, 0.5) is 5.69 Å². The number of nitrogens with one attached hydrogen (secondary N) is 2. The average Bonchev–Trinajstić information content (AvgIpc) is 2.99. The second-order valence-electron chi connectivity index (χ2n) is 4.68. The molecule has 1 aromatic heterocycles. The maximum atomic E-state index is 11.8. The molecule has 0 saturated heterocycles. The molecular weight excluding hydrogens is 254 g/mol. The molecule has 2 aromatic rings. The van der Waals surface area contributed by atoms with Crippen molar-refractivity contribution in [2.45, 2.75) is 25.9 Å². The van der Waals surface area contributed by atoms with Crippen molar-refractivity contribution in [1.29, 1.82) is 0 Å². The molecule has 0 saturated carbocycles. The molecule has 106 valence electrons. The van der Waals surface area contributed by atoms with Crippen molar-refractivity contribution in [2.24, 2.45) is 0 Å². The Hall–Kier alpha value is -2.14. The van der Waals surface area contributed by atoms with Gasteiger partial charge in [-0.3, -0.25) is 9.89 Å². The van der Waals surface area contributed by atoms with Crippen molar-refractivity contribution < 1.29 is 9.53 Å². The van der Waals surface area contributed by atoms with Crippen LogP contribution in [0, 0.1) is 0 Å². The van der Waals surface area contributed by atoms with E-state index in [1.54, 1.807) is 13.3 Å². The van der Waals surface area contributed by atoms with E-state index in [1.807, 2.05) is 37.3 Å². The van der Waals surface area contributed by atoms with Gasteiger partial charge in [0.25, 0.3) is 0 Å². The number of rotatable bonds is 6. The zero-order chi connectivity index (χ0) is 14.4. The number of aromatic amines is 1. The minimum absolute atomic E-state index is 0.00402. The summed E-state index contributed by atoms with van der Waals surface area (Å²) in [7, 11) is 1.65. The maximum absolute atomic E-state index is 11.8. The molecule has 0 fully saturated rings. The van der Waals surface area contributed by atoms with Crippen molar-refractivity contribution in [3.05, 3.63) is 36.5 Å². The van der Waals surface area contributed by atoms with Gasteiger partial charge in [-0.05, 0) is 31.5 Å². The zero-order valence-electron chi connectivity index (χ0n) is 11.7. The SMILES string of the molecule is COC(C)CCC(=O)Nc1cccc(-c2ccn[nH]2)c1. The summed E-state index contributed by atoms with van der Waals surface area (Å²) < 4.78 is 5.13. The number of nitrogens with zero attached hydrogens (tertiary/aromatic N) is 1. The van der Waals surface area contributed by atoms with Gasteiger partial charge in [0.15, 0.2) is 0 Å². The Labute approximate surface area is 118 Å². The summed E-state index contributed by atoms with van der Waals surface area (Å²) in [5.41, 5.74) is 2.70. The van der Waals surface area contributed by atoms with Crippen LogP contribution in [0.15, 0.2) is 36.5 Å². The van der Waals surface area contributed by atoms with Gasteiger partial charge in [-0.15, -0.1) is 0 Å². The highest BCUT2D eigenvalue weighted by molar-refractivity contribution is 5.91. The van der Waals surface area contributed by atoms with E-state index < -0.39 is 0 Å². The molecule has 0 aliphatic rings. The van der Waals surface area contributed by atoms with Gasteiger partial charge < -0.3 is 10.1 Å². The van der Waals surface area contributed by atoms with Crippen LogP contribution in [-0.2, 0) is 9.53 Å². The first-order valence-electron chi connectivity index (χ1n) is 6.61. The number of methoxy groups -OCH3 is 1. The Morgan fingerprint density at radius 3 is 3.00 bits per heavy atom. The minimum atomic E-state index is -0.00402. The Bertz CT molecular complexity index is 552. The Kier molecular flexibility index (Phi) is 4.90. The Morgan fingerprint density at radius 1 is 1.45 bits per heavy atom. The van der Waals surface area contributed by atoms with E-state index in [1.165, 1.54) is 0 Å². The summed E-state index contributed by atoms with van der Waals surface area (Å²) >= 11 is 0. The topological polar surface area (TPSA) is 67.0 Å². The monoisotopic (exact) mass is 273 g/mol. The van der Waals surface area contributed by atoms with Crippen molar-refractivity contribution in [3.8, 4) is 11.3 Å². The van der Waals surface area contributed by atoms with Crippen molar-refractivity contribution >= 4 is 11.6 Å². The Morgan fingerprint density at radius 2 is 2.30 bits per heavy atom. The summed E-state index contributed by atoms with van der Waals surface area (Å²) in [4.78, 5) is 11.8. The fourth-order valence-corrected chi connectivity index (χ4v) is 1.86. The van der Waals surface area contributed by atoms with E-state index in [-0.39, 0.29) is 12.0 Å². The highest BCUT2D eigenvalue weighted by Gasteiger charge is 2.07. The number of carbonyl (C=O) groups excluding carboxylic acids is 1. The molecule has 2 rings (SSSR count). The summed E-state index contributed by atoms with van der Waals surface area (Å²) in [6.07, 6.45) is 2.95. The fraction of sp³-hybridized carbons (Fsp3) is 0.333. The van der Waals surface area contributed by atoms with Gasteiger partial charge in [-0.2, -0.15) is 5.10 Å². The number of H-pyrrole nitrogens is 1. The number of amides is 1. The number of ether oxygens (including phenoxy) is 1. The van der Waals surface area contributed by atoms with Gasteiger partial charge in [0.05, 0.1) is 11.8 Å². The molecule has 1 amide bonds. The number of anilines is 1. The van der Waals surface area contributed by atoms with Gasteiger partial charge in [-0.1, -0.05) is 12.1 Å². The lowest BCUT2D eigenvalue weighted by Crippen LogP contribution is -2.15. The first kappa shape index (κ1) is 14.3. The predicted octanol–water partition coefficient (Wildman–Crippen LogP) is 2.83. The highest BCUT2D eigenvalue weighted by atomic mass is 16.5. The molecule has 1 heterocycles. The van der Waals surface area contributed by atoms with Crippen LogP contribution < -0.4 is 5.32 Å². The predicted molar refractivity (Wildman–Crippen MR) is 78.4 cm³/mol. The molecular formula is C15H19N3O2. The second-order valence-corrected chi connectivity index (χ2v) is 4.68. The number of benzene rings is 1. The zero-order valence-corrected chi connectivity index (χ0v) is 11.7. The van der Waals surface area contributed by atoms with E-state index in [2.05, 4.69) is 15.5 Å². The molecule has 1 atom stereocenters. The molecule has 0 aliphatic heterocycles. The molecule has 20 heavy (non-hydrogen) atoms. The largest absolute Gasteiger partial charge is 0.382 e. The van der Waals surface area contributed by atoms with Crippen molar-refractivity contribution in [2.75, 3.05) is 12.4 Å². The number of hydrogen-bond donors (Lipinski definition) is 2. The molecule has 5 nitrogen and oxygen atoms in total.